The van der Waals surface area contributed by atoms with Gasteiger partial charge in [-0.2, -0.15) is 4.99 Å². The van der Waals surface area contributed by atoms with Crippen molar-refractivity contribution in [3.8, 4) is 0 Å². The Kier molecular flexibility index (Phi) is 4.84. The zero-order chi connectivity index (χ0) is 17.1. The normalized spacial score (nSPS) is 11.5. The van der Waals surface area contributed by atoms with Crippen LogP contribution in [0, 0.1) is 0 Å². The second-order valence-electron chi connectivity index (χ2n) is 4.66. The van der Waals surface area contributed by atoms with Crippen LogP contribution in [-0.4, -0.2) is 17.0 Å². The fourth-order valence-electron chi connectivity index (χ4n) is 1.90. The molecule has 4 N–H and O–H groups in total. The van der Waals surface area contributed by atoms with Gasteiger partial charge in [0.2, 0.25) is 11.1 Å². The number of fused-ring (bicyclic) bond motifs is 1. The monoisotopic (exact) mass is 379 g/mol. The first-order valence-corrected chi connectivity index (χ1v) is 8.31. The van der Waals surface area contributed by atoms with E-state index >= 15 is 0 Å². The van der Waals surface area contributed by atoms with E-state index in [1.54, 1.807) is 12.1 Å². The van der Waals surface area contributed by atoms with Crippen molar-refractivity contribution in [2.24, 2.45) is 10.7 Å². The quantitative estimate of drug-likeness (QED) is 0.455. The van der Waals surface area contributed by atoms with Gasteiger partial charge >= 0.3 is 6.03 Å². The number of halogens is 2. The number of thiazole rings is 1. The number of aromatic nitrogens is 1. The van der Waals surface area contributed by atoms with Gasteiger partial charge in [0.15, 0.2) is 0 Å². The van der Waals surface area contributed by atoms with E-state index in [4.69, 9.17) is 28.9 Å². The number of nitrogens with two attached hydrogens (primary N) is 1. The number of hydrogen-bond acceptors (Lipinski definition) is 4. The summed E-state index contributed by atoms with van der Waals surface area (Å²) in [6.07, 6.45) is 0. The highest BCUT2D eigenvalue weighted by Gasteiger charge is 2.08. The van der Waals surface area contributed by atoms with Gasteiger partial charge in [0.25, 0.3) is 0 Å². The molecule has 9 heteroatoms. The highest BCUT2D eigenvalue weighted by molar-refractivity contribution is 7.22. The molecule has 0 saturated heterocycles. The molecule has 0 radical (unpaired) electrons. The maximum atomic E-state index is 11.9. The second-order valence-corrected chi connectivity index (χ2v) is 6.52. The summed E-state index contributed by atoms with van der Waals surface area (Å²) in [6.45, 7) is 0. The number of nitrogens with one attached hydrogen (secondary N) is 2. The fourth-order valence-corrected chi connectivity index (χ4v) is 3.20. The van der Waals surface area contributed by atoms with Crippen LogP contribution in [0.1, 0.15) is 0 Å². The first-order valence-electron chi connectivity index (χ1n) is 6.74. The van der Waals surface area contributed by atoms with Crippen LogP contribution in [0.2, 0.25) is 10.0 Å². The number of benzene rings is 2. The Hall–Kier alpha value is -2.35. The third-order valence-corrected chi connectivity index (χ3v) is 4.40. The Bertz CT molecular complexity index is 908. The molecule has 6 nitrogen and oxygen atoms in total. The predicted octanol–water partition coefficient (Wildman–Crippen LogP) is 4.37. The molecule has 2 amide bonds. The minimum Gasteiger partial charge on any atom is -0.369 e. The molecule has 0 unspecified atom stereocenters. The average Bonchev–Trinajstić information content (AvgIpc) is 2.91. The number of carbonyl (C=O) groups excluding carboxylic acids is 1. The average molecular weight is 380 g/mol. The Labute approximate surface area is 151 Å². The molecular weight excluding hydrogens is 369 g/mol. The molecule has 2 aromatic carbocycles. The lowest BCUT2D eigenvalue weighted by Gasteiger charge is -2.08. The van der Waals surface area contributed by atoms with Crippen molar-refractivity contribution in [2.45, 2.75) is 0 Å². The number of aliphatic imine (C=N–C) groups is 1. The zero-order valence-electron chi connectivity index (χ0n) is 12.1. The van der Waals surface area contributed by atoms with Gasteiger partial charge in [-0.3, -0.25) is 5.32 Å². The van der Waals surface area contributed by atoms with Crippen molar-refractivity contribution in [2.75, 3.05) is 5.32 Å². The number of nitrogens with zero attached hydrogens (tertiary/aromatic N) is 2. The first kappa shape index (κ1) is 16.5. The summed E-state index contributed by atoms with van der Waals surface area (Å²) in [5.41, 5.74) is 6.97. The SMILES string of the molecule is NC(=Nc1nc2ccccc2s1)NC(=O)Nc1ccc(Cl)cc1Cl. The van der Waals surface area contributed by atoms with Gasteiger partial charge in [-0.1, -0.05) is 46.7 Å². The zero-order valence-corrected chi connectivity index (χ0v) is 14.4. The van der Waals surface area contributed by atoms with Gasteiger partial charge in [-0.05, 0) is 30.3 Å². The molecule has 24 heavy (non-hydrogen) atoms. The van der Waals surface area contributed by atoms with E-state index in [0.29, 0.717) is 20.9 Å². The fraction of sp³-hybridized carbons (Fsp3) is 0. The standard InChI is InChI=1S/C15H11Cl2N5OS/c16-8-5-6-10(9(17)7-8)19-14(23)21-13(18)22-15-20-11-3-1-2-4-12(11)24-15/h1-7H,(H4,18,19,20,21,22,23). The van der Waals surface area contributed by atoms with E-state index in [-0.39, 0.29) is 5.96 Å². The minimum atomic E-state index is -0.568. The molecule has 0 bridgehead atoms. The Balaban J connectivity index is 1.69. The van der Waals surface area contributed by atoms with Crippen LogP contribution in [0.3, 0.4) is 0 Å². The molecule has 1 aromatic heterocycles. The number of guanidine groups is 1. The van der Waals surface area contributed by atoms with Crippen molar-refractivity contribution in [3.05, 3.63) is 52.5 Å². The number of urea groups is 1. The maximum Gasteiger partial charge on any atom is 0.326 e. The molecule has 0 fully saturated rings. The lowest BCUT2D eigenvalue weighted by atomic mass is 10.3. The van der Waals surface area contributed by atoms with Crippen molar-refractivity contribution in [1.82, 2.24) is 10.3 Å². The molecule has 0 aliphatic rings. The molecule has 3 rings (SSSR count). The molecule has 0 spiro atoms. The lowest BCUT2D eigenvalue weighted by Crippen LogP contribution is -2.39. The number of para-hydroxylation sites is 1. The summed E-state index contributed by atoms with van der Waals surface area (Å²) in [7, 11) is 0. The molecule has 1 heterocycles. The van der Waals surface area contributed by atoms with E-state index in [9.17, 15) is 4.79 Å². The van der Waals surface area contributed by atoms with Crippen molar-refractivity contribution in [1.29, 1.82) is 0 Å². The Morgan fingerprint density at radius 2 is 2.00 bits per heavy atom. The van der Waals surface area contributed by atoms with Crippen LogP contribution in [0.25, 0.3) is 10.2 Å². The highest BCUT2D eigenvalue weighted by atomic mass is 35.5. The molecule has 122 valence electrons. The minimum absolute atomic E-state index is 0.0726. The first-order chi connectivity index (χ1) is 11.5. The second kappa shape index (κ2) is 7.04. The van der Waals surface area contributed by atoms with Crippen LogP contribution < -0.4 is 16.4 Å². The van der Waals surface area contributed by atoms with Crippen LogP contribution in [0.4, 0.5) is 15.6 Å². The topological polar surface area (TPSA) is 92.4 Å². The van der Waals surface area contributed by atoms with Crippen molar-refractivity contribution < 1.29 is 4.79 Å². The summed E-state index contributed by atoms with van der Waals surface area (Å²) >= 11 is 13.2. The molecular formula is C15H11Cl2N5OS. The van der Waals surface area contributed by atoms with Gasteiger partial charge in [-0.25, -0.2) is 9.78 Å². The smallest absolute Gasteiger partial charge is 0.326 e. The third-order valence-electron chi connectivity index (χ3n) is 2.92. The number of hydrogen-bond donors (Lipinski definition) is 3. The van der Waals surface area contributed by atoms with E-state index in [1.165, 1.54) is 17.4 Å². The predicted molar refractivity (Wildman–Crippen MR) is 99.5 cm³/mol. The number of rotatable bonds is 2. The van der Waals surface area contributed by atoms with Crippen LogP contribution in [0.15, 0.2) is 47.5 Å². The van der Waals surface area contributed by atoms with Crippen LogP contribution in [0.5, 0.6) is 0 Å². The van der Waals surface area contributed by atoms with Gasteiger partial charge in [-0.15, -0.1) is 0 Å². The largest absolute Gasteiger partial charge is 0.369 e. The van der Waals surface area contributed by atoms with Gasteiger partial charge < -0.3 is 11.1 Å². The van der Waals surface area contributed by atoms with E-state index in [0.717, 1.165) is 10.2 Å². The van der Waals surface area contributed by atoms with Crippen molar-refractivity contribution in [3.63, 3.8) is 0 Å². The Morgan fingerprint density at radius 3 is 2.75 bits per heavy atom. The Morgan fingerprint density at radius 1 is 1.21 bits per heavy atom. The summed E-state index contributed by atoms with van der Waals surface area (Å²) in [5.74, 6) is -0.0726. The van der Waals surface area contributed by atoms with E-state index < -0.39 is 6.03 Å². The maximum absolute atomic E-state index is 11.9. The highest BCUT2D eigenvalue weighted by Crippen LogP contribution is 2.27. The van der Waals surface area contributed by atoms with Crippen molar-refractivity contribution >= 4 is 67.6 Å². The summed E-state index contributed by atoms with van der Waals surface area (Å²) in [5, 5.41) is 6.23. The summed E-state index contributed by atoms with van der Waals surface area (Å²) in [6, 6.07) is 11.8. The molecule has 0 atom stereocenters. The molecule has 0 aliphatic carbocycles. The van der Waals surface area contributed by atoms with Crippen LogP contribution in [-0.2, 0) is 0 Å². The molecule has 3 aromatic rings. The third kappa shape index (κ3) is 3.94. The number of anilines is 1. The van der Waals surface area contributed by atoms with E-state index in [1.807, 2.05) is 24.3 Å². The van der Waals surface area contributed by atoms with Gasteiger partial charge in [0.05, 0.1) is 20.9 Å². The number of amides is 2. The molecule has 0 saturated carbocycles. The van der Waals surface area contributed by atoms with Gasteiger partial charge in [0.1, 0.15) is 0 Å². The number of carbonyl (C=O) groups is 1. The summed E-state index contributed by atoms with van der Waals surface area (Å²) < 4.78 is 0.987. The summed E-state index contributed by atoms with van der Waals surface area (Å²) in [4.78, 5) is 20.3. The molecule has 0 aliphatic heterocycles. The van der Waals surface area contributed by atoms with E-state index in [2.05, 4.69) is 20.6 Å². The van der Waals surface area contributed by atoms with Crippen LogP contribution >= 0.6 is 34.5 Å². The van der Waals surface area contributed by atoms with Gasteiger partial charge in [0, 0.05) is 5.02 Å². The lowest BCUT2D eigenvalue weighted by molar-refractivity contribution is 0.256.